The Hall–Kier alpha value is -4.07. The maximum atomic E-state index is 13.0. The molecule has 1 unspecified atom stereocenters. The molecule has 2 aliphatic heterocycles. The summed E-state index contributed by atoms with van der Waals surface area (Å²) in [5, 5.41) is 11.1. The molecule has 5 rings (SSSR count). The van der Waals surface area contributed by atoms with Gasteiger partial charge >= 0.3 is 5.91 Å². The second-order valence-electron chi connectivity index (χ2n) is 6.73. The maximum absolute atomic E-state index is 13.0. The number of aromatic nitrogens is 1. The lowest BCUT2D eigenvalue weighted by molar-refractivity contribution is -0.132. The summed E-state index contributed by atoms with van der Waals surface area (Å²) in [5.74, 6) is -0.330. The molecule has 4 heterocycles. The number of carbonyl (C=O) groups excluding carboxylic acids is 2. The number of hydrogen-bond acceptors (Lipinski definition) is 7. The molecule has 150 valence electrons. The molecule has 1 amide bonds. The highest BCUT2D eigenvalue weighted by Crippen LogP contribution is 2.42. The Bertz CT molecular complexity index is 1150. The van der Waals surface area contributed by atoms with Crippen molar-refractivity contribution in [2.45, 2.75) is 6.04 Å². The van der Waals surface area contributed by atoms with E-state index in [-0.39, 0.29) is 17.2 Å². The average Bonchev–Trinajstić information content (AvgIpc) is 3.40. The number of aliphatic hydroxyl groups excluding tert-OH is 1. The lowest BCUT2D eigenvalue weighted by Crippen LogP contribution is -2.30. The van der Waals surface area contributed by atoms with Crippen LogP contribution in [0.1, 0.15) is 17.4 Å². The standard InChI is InChI=1S/C22H16N2O6/c25-20(13-6-7-14-16(12-13)30-11-10-29-14)18-19(15-4-3-9-28-15)24(22(27)21(18)26)17-5-1-2-8-23-17/h1-9,12,19,25H,10-11H2. The van der Waals surface area contributed by atoms with Gasteiger partial charge in [0.15, 0.2) is 11.5 Å². The molecule has 30 heavy (non-hydrogen) atoms. The third-order valence-corrected chi connectivity index (χ3v) is 4.97. The van der Waals surface area contributed by atoms with Crippen LogP contribution in [0.3, 0.4) is 0 Å². The van der Waals surface area contributed by atoms with E-state index < -0.39 is 17.7 Å². The number of hydrogen-bond donors (Lipinski definition) is 1. The first-order valence-electron chi connectivity index (χ1n) is 9.30. The topological polar surface area (TPSA) is 102 Å². The third kappa shape index (κ3) is 2.81. The smallest absolute Gasteiger partial charge is 0.301 e. The quantitative estimate of drug-likeness (QED) is 0.407. The molecule has 1 saturated heterocycles. The molecule has 0 saturated carbocycles. The number of ether oxygens (including phenoxy) is 2. The lowest BCUT2D eigenvalue weighted by Gasteiger charge is -2.22. The normalized spacial score (nSPS) is 19.9. The Balaban J connectivity index is 1.67. The van der Waals surface area contributed by atoms with Crippen molar-refractivity contribution < 1.29 is 28.6 Å². The molecule has 8 nitrogen and oxygen atoms in total. The Morgan fingerprint density at radius 3 is 2.60 bits per heavy atom. The number of fused-ring (bicyclic) bond motifs is 1. The molecular weight excluding hydrogens is 388 g/mol. The van der Waals surface area contributed by atoms with Crippen molar-refractivity contribution >= 4 is 23.3 Å². The fourth-order valence-corrected chi connectivity index (χ4v) is 3.63. The number of Topliss-reactive ketones (excluding diaryl/α,β-unsaturated/α-hetero) is 1. The van der Waals surface area contributed by atoms with E-state index in [0.29, 0.717) is 36.0 Å². The summed E-state index contributed by atoms with van der Waals surface area (Å²) in [5.41, 5.74) is 0.243. The van der Waals surface area contributed by atoms with Gasteiger partial charge in [-0.1, -0.05) is 6.07 Å². The molecule has 1 fully saturated rings. The number of aliphatic hydroxyl groups is 1. The van der Waals surface area contributed by atoms with E-state index in [9.17, 15) is 14.7 Å². The van der Waals surface area contributed by atoms with Crippen LogP contribution < -0.4 is 14.4 Å². The van der Waals surface area contributed by atoms with Gasteiger partial charge in [-0.25, -0.2) is 4.98 Å². The lowest BCUT2D eigenvalue weighted by atomic mass is 9.99. The number of rotatable bonds is 3. The highest BCUT2D eigenvalue weighted by molar-refractivity contribution is 6.51. The average molecular weight is 404 g/mol. The van der Waals surface area contributed by atoms with Crippen LogP contribution in [0.2, 0.25) is 0 Å². The highest BCUT2D eigenvalue weighted by atomic mass is 16.6. The van der Waals surface area contributed by atoms with Crippen molar-refractivity contribution in [1.82, 2.24) is 4.98 Å². The molecule has 2 aliphatic rings. The molecule has 0 aliphatic carbocycles. The molecule has 2 aromatic heterocycles. The van der Waals surface area contributed by atoms with Crippen molar-refractivity contribution in [3.8, 4) is 11.5 Å². The van der Waals surface area contributed by atoms with Crippen molar-refractivity contribution in [2.24, 2.45) is 0 Å². The highest BCUT2D eigenvalue weighted by Gasteiger charge is 2.48. The molecule has 3 aromatic rings. The summed E-state index contributed by atoms with van der Waals surface area (Å²) >= 11 is 0. The molecule has 1 atom stereocenters. The van der Waals surface area contributed by atoms with Crippen LogP contribution >= 0.6 is 0 Å². The fourth-order valence-electron chi connectivity index (χ4n) is 3.63. The van der Waals surface area contributed by atoms with Gasteiger partial charge in [0.25, 0.3) is 5.78 Å². The molecule has 0 bridgehead atoms. The van der Waals surface area contributed by atoms with Crippen LogP contribution in [-0.4, -0.2) is 35.0 Å². The van der Waals surface area contributed by atoms with Crippen LogP contribution in [0, 0.1) is 0 Å². The summed E-state index contributed by atoms with van der Waals surface area (Å²) in [6.07, 6.45) is 2.96. The van der Waals surface area contributed by atoms with Gasteiger partial charge in [-0.05, 0) is 42.5 Å². The number of ketones is 1. The van der Waals surface area contributed by atoms with Crippen molar-refractivity contribution in [3.05, 3.63) is 77.9 Å². The molecule has 1 N–H and O–H groups in total. The van der Waals surface area contributed by atoms with E-state index in [4.69, 9.17) is 13.9 Å². The number of carbonyl (C=O) groups is 2. The van der Waals surface area contributed by atoms with E-state index in [2.05, 4.69) is 4.98 Å². The minimum Gasteiger partial charge on any atom is -0.507 e. The van der Waals surface area contributed by atoms with Gasteiger partial charge in [0.05, 0.1) is 11.8 Å². The molecule has 8 heteroatoms. The molecular formula is C22H16N2O6. The minimum atomic E-state index is -0.955. The van der Waals surface area contributed by atoms with E-state index in [1.165, 1.54) is 17.4 Å². The summed E-state index contributed by atoms with van der Waals surface area (Å²) in [7, 11) is 0. The van der Waals surface area contributed by atoms with Crippen molar-refractivity contribution in [3.63, 3.8) is 0 Å². The van der Waals surface area contributed by atoms with Gasteiger partial charge in [-0.3, -0.25) is 14.5 Å². The SMILES string of the molecule is O=C1C(=O)N(c2ccccn2)C(c2ccco2)C1=C(O)c1ccc2c(c1)OCCO2. The number of benzene rings is 1. The summed E-state index contributed by atoms with van der Waals surface area (Å²) in [4.78, 5) is 31.3. The molecule has 1 aromatic carbocycles. The summed E-state index contributed by atoms with van der Waals surface area (Å²) in [6, 6.07) is 12.2. The number of furan rings is 1. The van der Waals surface area contributed by atoms with Gasteiger partial charge in [-0.2, -0.15) is 0 Å². The van der Waals surface area contributed by atoms with Crippen LogP contribution in [0.15, 0.2) is 71.0 Å². The fraction of sp³-hybridized carbons (Fsp3) is 0.136. The first-order valence-corrected chi connectivity index (χ1v) is 9.30. The monoisotopic (exact) mass is 404 g/mol. The maximum Gasteiger partial charge on any atom is 0.301 e. The zero-order chi connectivity index (χ0) is 20.7. The van der Waals surface area contributed by atoms with Gasteiger partial charge in [0, 0.05) is 11.8 Å². The number of anilines is 1. The largest absolute Gasteiger partial charge is 0.507 e. The first kappa shape index (κ1) is 18.0. The number of nitrogens with zero attached hydrogens (tertiary/aromatic N) is 2. The molecule has 0 spiro atoms. The van der Waals surface area contributed by atoms with Crippen LogP contribution in [0.4, 0.5) is 5.82 Å². The van der Waals surface area contributed by atoms with E-state index >= 15 is 0 Å². The summed E-state index contributed by atoms with van der Waals surface area (Å²) < 4.78 is 16.6. The second-order valence-corrected chi connectivity index (χ2v) is 6.73. The first-order chi connectivity index (χ1) is 14.6. The third-order valence-electron chi connectivity index (χ3n) is 4.97. The van der Waals surface area contributed by atoms with Gasteiger partial charge in [0.2, 0.25) is 0 Å². The zero-order valence-electron chi connectivity index (χ0n) is 15.6. The van der Waals surface area contributed by atoms with E-state index in [1.54, 1.807) is 48.5 Å². The Morgan fingerprint density at radius 1 is 1.03 bits per heavy atom. The predicted molar refractivity (Wildman–Crippen MR) is 105 cm³/mol. The van der Waals surface area contributed by atoms with Crippen LogP contribution in [0.25, 0.3) is 5.76 Å². The van der Waals surface area contributed by atoms with Gasteiger partial charge < -0.3 is 19.0 Å². The second kappa shape index (κ2) is 7.07. The minimum absolute atomic E-state index is 0.0859. The number of pyridine rings is 1. The Labute approximate surface area is 171 Å². The van der Waals surface area contributed by atoms with Crippen LogP contribution in [0.5, 0.6) is 11.5 Å². The van der Waals surface area contributed by atoms with E-state index in [1.807, 2.05) is 0 Å². The van der Waals surface area contributed by atoms with Crippen molar-refractivity contribution in [2.75, 3.05) is 18.1 Å². The Morgan fingerprint density at radius 2 is 1.87 bits per heavy atom. The predicted octanol–water partition coefficient (Wildman–Crippen LogP) is 3.07. The van der Waals surface area contributed by atoms with Crippen molar-refractivity contribution in [1.29, 1.82) is 0 Å². The van der Waals surface area contributed by atoms with Gasteiger partial charge in [-0.15, -0.1) is 0 Å². The Kier molecular flexibility index (Phi) is 4.24. The van der Waals surface area contributed by atoms with Gasteiger partial charge in [0.1, 0.15) is 36.6 Å². The molecule has 0 radical (unpaired) electrons. The van der Waals surface area contributed by atoms with Crippen LogP contribution in [-0.2, 0) is 9.59 Å². The van der Waals surface area contributed by atoms with E-state index in [0.717, 1.165) is 0 Å². The summed E-state index contributed by atoms with van der Waals surface area (Å²) in [6.45, 7) is 0.819. The zero-order valence-corrected chi connectivity index (χ0v) is 15.6. The number of amides is 1.